The average Bonchev–Trinajstić information content (AvgIpc) is 1.59. The Labute approximate surface area is 65.7 Å². The summed E-state index contributed by atoms with van der Waals surface area (Å²) in [6.45, 7) is 1.79. The van der Waals surface area contributed by atoms with Gasteiger partial charge in [0.05, 0.1) is 0 Å². The Hall–Kier alpha value is -0.390. The van der Waals surface area contributed by atoms with Crippen molar-refractivity contribution in [2.24, 2.45) is 0 Å². The molecule has 4 heteroatoms. The summed E-state index contributed by atoms with van der Waals surface area (Å²) in [5.74, 6) is 0. The first kappa shape index (κ1) is 6.73. The molecule has 0 fully saturated rings. The lowest BCUT2D eigenvalue weighted by molar-refractivity contribution is 1.02. The summed E-state index contributed by atoms with van der Waals surface area (Å²) < 4.78 is 0.637. The van der Waals surface area contributed by atoms with Gasteiger partial charge in [0.1, 0.15) is 0 Å². The van der Waals surface area contributed by atoms with Crippen LogP contribution in [0.3, 0.4) is 0 Å². The first-order chi connectivity index (χ1) is 4.18. The van der Waals surface area contributed by atoms with Crippen molar-refractivity contribution in [2.75, 3.05) is 0 Å². The fourth-order valence-electron chi connectivity index (χ4n) is 0.543. The molecule has 3 nitrogen and oxygen atoms in total. The van der Waals surface area contributed by atoms with E-state index in [0.717, 1.165) is 5.69 Å². The Kier molecular flexibility index (Phi) is 1.84. The van der Waals surface area contributed by atoms with Gasteiger partial charge in [-0.15, -0.1) is 0 Å². The zero-order valence-electron chi connectivity index (χ0n) is 4.81. The second-order valence-corrected chi connectivity index (χ2v) is 2.70. The molecule has 48 valence electrons. The molecule has 0 aliphatic rings. The van der Waals surface area contributed by atoms with E-state index in [-0.39, 0.29) is 5.56 Å². The van der Waals surface area contributed by atoms with E-state index in [1.807, 2.05) is 22.6 Å². The Morgan fingerprint density at radius 3 is 2.89 bits per heavy atom. The van der Waals surface area contributed by atoms with Gasteiger partial charge in [-0.05, 0) is 29.5 Å². The number of hydrogen-bond donors (Lipinski definition) is 1. The van der Waals surface area contributed by atoms with Gasteiger partial charge in [0.25, 0.3) is 5.56 Å². The largest absolute Gasteiger partial charge is 0.302 e. The molecule has 0 bridgehead atoms. The molecule has 1 N–H and O–H groups in total. The number of aromatic amines is 1. The molecule has 0 aliphatic heterocycles. The minimum atomic E-state index is -0.0908. The highest BCUT2D eigenvalue weighted by Gasteiger charge is 1.89. The highest BCUT2D eigenvalue weighted by Crippen LogP contribution is 1.91. The highest BCUT2D eigenvalue weighted by atomic mass is 127. The number of nitrogens with zero attached hydrogens (tertiary/aromatic N) is 1. The predicted molar refractivity (Wildman–Crippen MR) is 42.3 cm³/mol. The first-order valence-electron chi connectivity index (χ1n) is 2.42. The number of halogens is 1. The van der Waals surface area contributed by atoms with Crippen molar-refractivity contribution < 1.29 is 0 Å². The third kappa shape index (κ3) is 1.78. The van der Waals surface area contributed by atoms with Gasteiger partial charge in [-0.1, -0.05) is 0 Å². The number of aromatic nitrogens is 2. The Morgan fingerprint density at radius 1 is 1.78 bits per heavy atom. The van der Waals surface area contributed by atoms with E-state index in [1.165, 1.54) is 6.07 Å². The Balaban J connectivity index is 3.33. The fraction of sp³-hybridized carbons (Fsp3) is 0.200. The molecule has 0 radical (unpaired) electrons. The summed E-state index contributed by atoms with van der Waals surface area (Å²) >= 11 is 1.96. The molecule has 1 aromatic rings. The van der Waals surface area contributed by atoms with Crippen LogP contribution in [0.15, 0.2) is 10.9 Å². The van der Waals surface area contributed by atoms with Crippen LogP contribution in [0.5, 0.6) is 0 Å². The number of H-pyrrole nitrogens is 1. The molecule has 0 saturated heterocycles. The van der Waals surface area contributed by atoms with Crippen LogP contribution >= 0.6 is 22.6 Å². The second kappa shape index (κ2) is 2.47. The van der Waals surface area contributed by atoms with Gasteiger partial charge in [-0.2, -0.15) is 0 Å². The van der Waals surface area contributed by atoms with Crippen molar-refractivity contribution in [1.29, 1.82) is 0 Å². The number of nitrogens with one attached hydrogen (secondary N) is 1. The SMILES string of the molecule is Cc1cc(=O)[nH]c(I)n1. The van der Waals surface area contributed by atoms with Crippen LogP contribution in [0.25, 0.3) is 0 Å². The van der Waals surface area contributed by atoms with E-state index < -0.39 is 0 Å². The maximum atomic E-state index is 10.6. The number of aryl methyl sites for hydroxylation is 1. The van der Waals surface area contributed by atoms with Crippen LogP contribution in [-0.4, -0.2) is 9.97 Å². The minimum absolute atomic E-state index is 0.0908. The van der Waals surface area contributed by atoms with Gasteiger partial charge in [-0.25, -0.2) is 4.98 Å². The summed E-state index contributed by atoms with van der Waals surface area (Å²) in [6, 6.07) is 1.46. The molecule has 1 aromatic heterocycles. The molecule has 9 heavy (non-hydrogen) atoms. The van der Waals surface area contributed by atoms with Crippen LogP contribution in [0, 0.1) is 10.8 Å². The van der Waals surface area contributed by atoms with Crippen LogP contribution in [0.1, 0.15) is 5.69 Å². The highest BCUT2D eigenvalue weighted by molar-refractivity contribution is 14.1. The van der Waals surface area contributed by atoms with Crippen molar-refractivity contribution in [3.63, 3.8) is 0 Å². The molecule has 0 aromatic carbocycles. The summed E-state index contributed by atoms with van der Waals surface area (Å²) in [5, 5.41) is 0. The molecule has 1 heterocycles. The normalized spacial score (nSPS) is 9.56. The van der Waals surface area contributed by atoms with Crippen LogP contribution < -0.4 is 5.56 Å². The van der Waals surface area contributed by atoms with Crippen LogP contribution in [0.2, 0.25) is 0 Å². The summed E-state index contributed by atoms with van der Waals surface area (Å²) in [4.78, 5) is 17.1. The smallest absolute Gasteiger partial charge is 0.251 e. The predicted octanol–water partition coefficient (Wildman–Crippen LogP) is 0.683. The van der Waals surface area contributed by atoms with Gasteiger partial charge < -0.3 is 4.98 Å². The molecule has 0 unspecified atom stereocenters. The number of hydrogen-bond acceptors (Lipinski definition) is 2. The molecule has 0 atom stereocenters. The Morgan fingerprint density at radius 2 is 2.44 bits per heavy atom. The minimum Gasteiger partial charge on any atom is -0.302 e. The number of rotatable bonds is 0. The third-order valence-electron chi connectivity index (χ3n) is 0.841. The van der Waals surface area contributed by atoms with Gasteiger partial charge >= 0.3 is 0 Å². The lowest BCUT2D eigenvalue weighted by Crippen LogP contribution is -2.08. The Bertz CT molecular complexity index is 245. The van der Waals surface area contributed by atoms with Gasteiger partial charge in [0.2, 0.25) is 0 Å². The van der Waals surface area contributed by atoms with E-state index in [4.69, 9.17) is 0 Å². The van der Waals surface area contributed by atoms with Gasteiger partial charge in [0, 0.05) is 11.8 Å². The van der Waals surface area contributed by atoms with E-state index in [0.29, 0.717) is 3.83 Å². The van der Waals surface area contributed by atoms with Crippen molar-refractivity contribution >= 4 is 22.6 Å². The van der Waals surface area contributed by atoms with Crippen molar-refractivity contribution in [1.82, 2.24) is 9.97 Å². The molecular formula is C5H5IN2O. The lowest BCUT2D eigenvalue weighted by atomic mass is 10.5. The van der Waals surface area contributed by atoms with E-state index in [1.54, 1.807) is 6.92 Å². The van der Waals surface area contributed by atoms with Crippen molar-refractivity contribution in [3.8, 4) is 0 Å². The molecule has 0 saturated carbocycles. The molecule has 0 aliphatic carbocycles. The molecule has 0 amide bonds. The average molecular weight is 236 g/mol. The van der Waals surface area contributed by atoms with Crippen molar-refractivity contribution in [3.05, 3.63) is 25.9 Å². The molecular weight excluding hydrogens is 231 g/mol. The van der Waals surface area contributed by atoms with E-state index in [2.05, 4.69) is 9.97 Å². The maximum Gasteiger partial charge on any atom is 0.251 e. The third-order valence-corrected chi connectivity index (χ3v) is 1.35. The van der Waals surface area contributed by atoms with Gasteiger partial charge in [0.15, 0.2) is 3.83 Å². The monoisotopic (exact) mass is 236 g/mol. The van der Waals surface area contributed by atoms with Crippen LogP contribution in [-0.2, 0) is 0 Å². The van der Waals surface area contributed by atoms with Crippen LogP contribution in [0.4, 0.5) is 0 Å². The molecule has 0 spiro atoms. The van der Waals surface area contributed by atoms with Crippen molar-refractivity contribution in [2.45, 2.75) is 6.92 Å². The van der Waals surface area contributed by atoms with E-state index >= 15 is 0 Å². The zero-order valence-corrected chi connectivity index (χ0v) is 6.97. The summed E-state index contributed by atoms with van der Waals surface area (Å²) in [7, 11) is 0. The second-order valence-electron chi connectivity index (χ2n) is 1.68. The topological polar surface area (TPSA) is 45.8 Å². The maximum absolute atomic E-state index is 10.6. The summed E-state index contributed by atoms with van der Waals surface area (Å²) in [6.07, 6.45) is 0. The summed E-state index contributed by atoms with van der Waals surface area (Å²) in [5.41, 5.74) is 0.662. The zero-order chi connectivity index (χ0) is 6.85. The standard InChI is InChI=1S/C5H5IN2O/c1-3-2-4(9)8-5(6)7-3/h2H,1H3,(H,7,8,9). The lowest BCUT2D eigenvalue weighted by Gasteiger charge is -1.89. The van der Waals surface area contributed by atoms with Gasteiger partial charge in [-0.3, -0.25) is 4.79 Å². The first-order valence-corrected chi connectivity index (χ1v) is 3.50. The van der Waals surface area contributed by atoms with E-state index in [9.17, 15) is 4.79 Å². The molecule has 1 rings (SSSR count). The quantitative estimate of drug-likeness (QED) is 0.531. The fourth-order valence-corrected chi connectivity index (χ4v) is 1.19.